The van der Waals surface area contributed by atoms with Crippen LogP contribution in [0.15, 0.2) is 18.2 Å². The molecule has 2 heterocycles. The minimum Gasteiger partial charge on any atom is -0.331 e. The van der Waals surface area contributed by atoms with Crippen molar-refractivity contribution in [3.05, 3.63) is 35.7 Å². The van der Waals surface area contributed by atoms with Crippen LogP contribution in [0.5, 0.6) is 0 Å². The number of nitrogens with zero attached hydrogens (tertiary/aromatic N) is 1. The number of carbonyl (C=O) groups is 1. The molecule has 0 atom stereocenters. The molecule has 3 rings (SSSR count). The van der Waals surface area contributed by atoms with E-state index in [0.29, 0.717) is 0 Å². The summed E-state index contributed by atoms with van der Waals surface area (Å²) in [5.41, 5.74) is 3.76. The summed E-state index contributed by atoms with van der Waals surface area (Å²) in [7, 11) is 0. The zero-order valence-corrected chi connectivity index (χ0v) is 13.1. The zero-order chi connectivity index (χ0) is 11.3. The van der Waals surface area contributed by atoms with E-state index in [1.807, 2.05) is 11.3 Å². The van der Waals surface area contributed by atoms with Crippen LogP contribution in [-0.2, 0) is 38.7 Å². The van der Waals surface area contributed by atoms with Gasteiger partial charge in [-0.2, -0.15) is 6.42 Å². The average Bonchev–Trinajstić information content (AvgIpc) is 2.37. The summed E-state index contributed by atoms with van der Waals surface area (Å²) < 4.78 is 0. The molecular formula is C14H16NOW-. The number of benzene rings is 1. The van der Waals surface area contributed by atoms with E-state index < -0.39 is 0 Å². The van der Waals surface area contributed by atoms with Crippen molar-refractivity contribution in [2.45, 2.75) is 38.6 Å². The molecule has 3 heteroatoms. The van der Waals surface area contributed by atoms with Crippen molar-refractivity contribution in [2.75, 3.05) is 4.90 Å². The van der Waals surface area contributed by atoms with Crippen LogP contribution in [0.1, 0.15) is 31.4 Å². The van der Waals surface area contributed by atoms with E-state index in [1.165, 1.54) is 16.8 Å². The maximum Gasteiger partial charge on any atom is 0.0900 e. The molecule has 2 nitrogen and oxygen atoms in total. The molecule has 2 aliphatic heterocycles. The fraction of sp³-hybridized carbons (Fsp3) is 0.429. The standard InChI is InChI=1S/C14H16NO.W/c1-14(2)9-11-7-3-5-10-6-4-8-12(16)15(14)13(10)11;/h3,5,7-8H,4,6,9H2,1-2H3;/q-1;. The molecule has 0 saturated carbocycles. The summed E-state index contributed by atoms with van der Waals surface area (Å²) in [6.45, 7) is 4.29. The Kier molecular flexibility index (Phi) is 3.11. The first kappa shape index (κ1) is 12.7. The topological polar surface area (TPSA) is 20.3 Å². The van der Waals surface area contributed by atoms with E-state index >= 15 is 0 Å². The van der Waals surface area contributed by atoms with E-state index in [2.05, 4.69) is 32.0 Å². The Morgan fingerprint density at radius 1 is 1.29 bits per heavy atom. The van der Waals surface area contributed by atoms with Gasteiger partial charge in [-0.05, 0) is 31.4 Å². The Bertz CT molecular complexity index is 467. The van der Waals surface area contributed by atoms with Gasteiger partial charge in [0, 0.05) is 32.3 Å². The first-order valence-electron chi connectivity index (χ1n) is 5.88. The molecule has 0 unspecified atom stereocenters. The van der Waals surface area contributed by atoms with Crippen molar-refractivity contribution in [3.8, 4) is 0 Å². The smallest absolute Gasteiger partial charge is 0.0900 e. The van der Waals surface area contributed by atoms with E-state index in [9.17, 15) is 4.79 Å². The van der Waals surface area contributed by atoms with Gasteiger partial charge in [-0.1, -0.05) is 24.6 Å². The number of hydrogen-bond acceptors (Lipinski definition) is 1. The summed E-state index contributed by atoms with van der Waals surface area (Å²) in [5, 5.41) is 0. The second-order valence-electron chi connectivity index (χ2n) is 5.33. The fourth-order valence-electron chi connectivity index (χ4n) is 2.97. The van der Waals surface area contributed by atoms with Crippen LogP contribution < -0.4 is 4.90 Å². The maximum absolute atomic E-state index is 12.1. The van der Waals surface area contributed by atoms with Crippen LogP contribution in [0.2, 0.25) is 0 Å². The summed E-state index contributed by atoms with van der Waals surface area (Å²) in [6.07, 6.45) is 4.65. The molecule has 0 spiro atoms. The van der Waals surface area contributed by atoms with Gasteiger partial charge < -0.3 is 16.1 Å². The molecule has 0 bridgehead atoms. The number of hydrogen-bond donors (Lipinski definition) is 0. The molecule has 90 valence electrons. The molecule has 0 fully saturated rings. The summed E-state index contributed by atoms with van der Waals surface area (Å²) >= 11 is 0. The third-order valence-electron chi connectivity index (χ3n) is 3.61. The number of anilines is 1. The van der Waals surface area contributed by atoms with Gasteiger partial charge in [0.2, 0.25) is 0 Å². The fourth-order valence-corrected chi connectivity index (χ4v) is 2.97. The second-order valence-corrected chi connectivity index (χ2v) is 5.33. The predicted molar refractivity (Wildman–Crippen MR) is 64.3 cm³/mol. The van der Waals surface area contributed by atoms with Gasteiger partial charge in [-0.3, -0.25) is 0 Å². The molecule has 0 aliphatic carbocycles. The minimum atomic E-state index is -0.0731. The van der Waals surface area contributed by atoms with E-state index in [1.54, 1.807) is 0 Å². The summed E-state index contributed by atoms with van der Waals surface area (Å²) in [4.78, 5) is 14.1. The van der Waals surface area contributed by atoms with Crippen molar-refractivity contribution in [1.29, 1.82) is 0 Å². The van der Waals surface area contributed by atoms with Crippen LogP contribution in [0.4, 0.5) is 5.69 Å². The largest absolute Gasteiger partial charge is 0.331 e. The Balaban J connectivity index is 0.00000108. The van der Waals surface area contributed by atoms with Gasteiger partial charge in [0.25, 0.3) is 0 Å². The number of aryl methyl sites for hydroxylation is 1. The third-order valence-corrected chi connectivity index (χ3v) is 3.61. The molecular weight excluding hydrogens is 382 g/mol. The molecule has 1 aromatic rings. The van der Waals surface area contributed by atoms with Gasteiger partial charge in [-0.15, -0.1) is 0 Å². The van der Waals surface area contributed by atoms with Crippen LogP contribution in [-0.4, -0.2) is 11.4 Å². The first-order valence-corrected chi connectivity index (χ1v) is 5.88. The number of para-hydroxylation sites is 1. The summed E-state index contributed by atoms with van der Waals surface area (Å²) in [5.74, 6) is 0.175. The van der Waals surface area contributed by atoms with Crippen molar-refractivity contribution in [2.24, 2.45) is 0 Å². The van der Waals surface area contributed by atoms with Crippen molar-refractivity contribution >= 4 is 11.6 Å². The van der Waals surface area contributed by atoms with E-state index in [4.69, 9.17) is 0 Å². The number of amides is 1. The Labute approximate surface area is 117 Å². The van der Waals surface area contributed by atoms with Crippen LogP contribution in [0, 0.1) is 6.42 Å². The van der Waals surface area contributed by atoms with Gasteiger partial charge in [0.05, 0.1) is 5.91 Å². The van der Waals surface area contributed by atoms with Gasteiger partial charge in [0.1, 0.15) is 0 Å². The minimum absolute atomic E-state index is 0. The number of carbonyl (C=O) groups excluding carboxylic acids is 1. The van der Waals surface area contributed by atoms with Crippen molar-refractivity contribution < 1.29 is 25.9 Å². The molecule has 0 N–H and O–H groups in total. The van der Waals surface area contributed by atoms with E-state index in [0.717, 1.165) is 19.3 Å². The monoisotopic (exact) mass is 398 g/mol. The molecule has 2 aliphatic rings. The zero-order valence-electron chi connectivity index (χ0n) is 10.2. The molecule has 1 amide bonds. The van der Waals surface area contributed by atoms with Crippen LogP contribution in [0.3, 0.4) is 0 Å². The maximum atomic E-state index is 12.1. The van der Waals surface area contributed by atoms with Gasteiger partial charge in [-0.25, -0.2) is 0 Å². The van der Waals surface area contributed by atoms with Gasteiger partial charge in [0.15, 0.2) is 0 Å². The predicted octanol–water partition coefficient (Wildman–Crippen LogP) is 2.50. The Morgan fingerprint density at radius 2 is 2.00 bits per heavy atom. The molecule has 17 heavy (non-hydrogen) atoms. The molecule has 0 saturated heterocycles. The van der Waals surface area contributed by atoms with Crippen LogP contribution >= 0.6 is 0 Å². The average molecular weight is 398 g/mol. The number of rotatable bonds is 0. The van der Waals surface area contributed by atoms with Gasteiger partial charge >= 0.3 is 0 Å². The second kappa shape index (κ2) is 4.17. The quantitative estimate of drug-likeness (QED) is 0.616. The van der Waals surface area contributed by atoms with E-state index in [-0.39, 0.29) is 32.5 Å². The SMILES string of the molecule is CC1(C)Cc2cccc3c2N1C(=O)[CH-]CC3.[W]. The Morgan fingerprint density at radius 3 is 2.76 bits per heavy atom. The Hall–Kier alpha value is -0.752. The molecule has 0 aromatic heterocycles. The third kappa shape index (κ3) is 1.83. The van der Waals surface area contributed by atoms with Crippen molar-refractivity contribution in [1.82, 2.24) is 0 Å². The first-order chi connectivity index (χ1) is 7.59. The summed E-state index contributed by atoms with van der Waals surface area (Å²) in [6, 6.07) is 6.42. The molecule has 0 radical (unpaired) electrons. The van der Waals surface area contributed by atoms with Crippen molar-refractivity contribution in [3.63, 3.8) is 0 Å². The normalized spacial score (nSPS) is 20.1. The molecule has 1 aromatic carbocycles. The van der Waals surface area contributed by atoms with Crippen LogP contribution in [0.25, 0.3) is 0 Å².